The van der Waals surface area contributed by atoms with Gasteiger partial charge in [0.05, 0.1) is 6.20 Å². The van der Waals surface area contributed by atoms with E-state index < -0.39 is 0 Å². The summed E-state index contributed by atoms with van der Waals surface area (Å²) in [5, 5.41) is 6.63. The molecule has 2 unspecified atom stereocenters. The Bertz CT molecular complexity index is 552. The second kappa shape index (κ2) is 4.07. The number of hydrogen-bond acceptors (Lipinski definition) is 4. The van der Waals surface area contributed by atoms with Gasteiger partial charge in [0.15, 0.2) is 0 Å². The lowest BCUT2D eigenvalue weighted by molar-refractivity contribution is -0.123. The van der Waals surface area contributed by atoms with Crippen molar-refractivity contribution in [1.82, 2.24) is 15.4 Å². The molecule has 1 aromatic heterocycles. The van der Waals surface area contributed by atoms with Crippen LogP contribution in [0.15, 0.2) is 16.8 Å². The SMILES string of the molecule is O=C(NC1CC1)C1CC12CCN(C(=O)c1ccno1)C2. The molecule has 1 aromatic rings. The van der Waals surface area contributed by atoms with E-state index in [1.54, 1.807) is 11.0 Å². The minimum absolute atomic E-state index is 0.0225. The fourth-order valence-electron chi connectivity index (χ4n) is 3.25. The Hall–Kier alpha value is -1.85. The summed E-state index contributed by atoms with van der Waals surface area (Å²) in [6.45, 7) is 1.36. The number of rotatable bonds is 3. The van der Waals surface area contributed by atoms with Crippen molar-refractivity contribution in [2.75, 3.05) is 13.1 Å². The fraction of sp³-hybridized carbons (Fsp3) is 0.643. The molecule has 2 saturated carbocycles. The van der Waals surface area contributed by atoms with Gasteiger partial charge in [-0.05, 0) is 25.7 Å². The molecule has 0 bridgehead atoms. The van der Waals surface area contributed by atoms with Gasteiger partial charge in [-0.15, -0.1) is 0 Å². The van der Waals surface area contributed by atoms with Gasteiger partial charge in [0.1, 0.15) is 0 Å². The van der Waals surface area contributed by atoms with Crippen LogP contribution in [0, 0.1) is 11.3 Å². The van der Waals surface area contributed by atoms with E-state index in [0.717, 1.165) is 25.7 Å². The second-order valence-corrected chi connectivity index (χ2v) is 6.26. The lowest BCUT2D eigenvalue weighted by Gasteiger charge is -2.14. The van der Waals surface area contributed by atoms with E-state index in [-0.39, 0.29) is 28.9 Å². The van der Waals surface area contributed by atoms with E-state index in [0.29, 0.717) is 19.1 Å². The average molecular weight is 275 g/mol. The highest BCUT2D eigenvalue weighted by molar-refractivity contribution is 5.92. The molecule has 0 radical (unpaired) electrons. The number of aromatic nitrogens is 1. The molecule has 3 fully saturated rings. The highest BCUT2D eigenvalue weighted by Gasteiger charge is 2.61. The molecule has 1 saturated heterocycles. The third-order valence-electron chi connectivity index (χ3n) is 4.75. The van der Waals surface area contributed by atoms with Gasteiger partial charge in [-0.1, -0.05) is 5.16 Å². The van der Waals surface area contributed by atoms with Crippen LogP contribution in [0.5, 0.6) is 0 Å². The highest BCUT2D eigenvalue weighted by Crippen LogP contribution is 2.58. The van der Waals surface area contributed by atoms with Crippen molar-refractivity contribution in [3.05, 3.63) is 18.0 Å². The minimum Gasteiger partial charge on any atom is -0.353 e. The van der Waals surface area contributed by atoms with Crippen LogP contribution >= 0.6 is 0 Å². The Labute approximate surface area is 116 Å². The maximum Gasteiger partial charge on any atom is 0.292 e. The summed E-state index contributed by atoms with van der Waals surface area (Å²) >= 11 is 0. The third-order valence-corrected chi connectivity index (χ3v) is 4.75. The number of nitrogens with one attached hydrogen (secondary N) is 1. The van der Waals surface area contributed by atoms with Crippen LogP contribution in [0.25, 0.3) is 0 Å². The molecule has 1 aliphatic heterocycles. The molecule has 4 rings (SSSR count). The summed E-state index contributed by atoms with van der Waals surface area (Å²) in [4.78, 5) is 26.0. The molecule has 2 atom stereocenters. The van der Waals surface area contributed by atoms with E-state index >= 15 is 0 Å². The Balaban J connectivity index is 1.39. The van der Waals surface area contributed by atoms with Crippen LogP contribution in [-0.4, -0.2) is 41.0 Å². The monoisotopic (exact) mass is 275 g/mol. The van der Waals surface area contributed by atoms with Gasteiger partial charge in [-0.2, -0.15) is 0 Å². The van der Waals surface area contributed by atoms with Gasteiger partial charge < -0.3 is 14.7 Å². The quantitative estimate of drug-likeness (QED) is 0.885. The molecule has 106 valence electrons. The van der Waals surface area contributed by atoms with E-state index in [1.165, 1.54) is 6.20 Å². The summed E-state index contributed by atoms with van der Waals surface area (Å²) in [7, 11) is 0. The highest BCUT2D eigenvalue weighted by atomic mass is 16.5. The predicted molar refractivity (Wildman–Crippen MR) is 68.7 cm³/mol. The van der Waals surface area contributed by atoms with Crippen molar-refractivity contribution in [1.29, 1.82) is 0 Å². The normalized spacial score (nSPS) is 31.6. The van der Waals surface area contributed by atoms with E-state index in [2.05, 4.69) is 10.5 Å². The van der Waals surface area contributed by atoms with Crippen LogP contribution in [0.4, 0.5) is 0 Å². The maximum absolute atomic E-state index is 12.2. The molecule has 0 aromatic carbocycles. The largest absolute Gasteiger partial charge is 0.353 e. The van der Waals surface area contributed by atoms with Gasteiger partial charge >= 0.3 is 0 Å². The fourth-order valence-corrected chi connectivity index (χ4v) is 3.25. The van der Waals surface area contributed by atoms with Crippen molar-refractivity contribution in [3.63, 3.8) is 0 Å². The van der Waals surface area contributed by atoms with Gasteiger partial charge in [-0.3, -0.25) is 9.59 Å². The van der Waals surface area contributed by atoms with Gasteiger partial charge in [0, 0.05) is 36.5 Å². The topological polar surface area (TPSA) is 75.4 Å². The van der Waals surface area contributed by atoms with Crippen molar-refractivity contribution in [2.45, 2.75) is 31.7 Å². The van der Waals surface area contributed by atoms with E-state index in [4.69, 9.17) is 4.52 Å². The van der Waals surface area contributed by atoms with Crippen molar-refractivity contribution in [3.8, 4) is 0 Å². The Morgan fingerprint density at radius 3 is 3.00 bits per heavy atom. The summed E-state index contributed by atoms with van der Waals surface area (Å²) in [5.74, 6) is 0.436. The summed E-state index contributed by atoms with van der Waals surface area (Å²) < 4.78 is 4.91. The van der Waals surface area contributed by atoms with E-state index in [9.17, 15) is 9.59 Å². The van der Waals surface area contributed by atoms with Crippen molar-refractivity contribution < 1.29 is 14.1 Å². The molecular weight excluding hydrogens is 258 g/mol. The number of amides is 2. The second-order valence-electron chi connectivity index (χ2n) is 6.26. The van der Waals surface area contributed by atoms with Gasteiger partial charge in [0.2, 0.25) is 11.7 Å². The Morgan fingerprint density at radius 1 is 1.45 bits per heavy atom. The molecule has 2 aliphatic carbocycles. The molecule has 2 amide bonds. The number of hydrogen-bond donors (Lipinski definition) is 1. The predicted octanol–water partition coefficient (Wildman–Crippen LogP) is 0.805. The molecule has 1 spiro atoms. The first-order valence-electron chi connectivity index (χ1n) is 7.18. The standard InChI is InChI=1S/C14H17N3O3/c18-12(16-9-1-2-9)10-7-14(10)4-6-17(8-14)13(19)11-3-5-15-20-11/h3,5,9-10H,1-2,4,6-8H2,(H,16,18). The zero-order chi connectivity index (χ0) is 13.7. The van der Waals surface area contributed by atoms with Crippen LogP contribution in [0.3, 0.4) is 0 Å². The van der Waals surface area contributed by atoms with Crippen LogP contribution in [0.1, 0.15) is 36.2 Å². The number of carbonyl (C=O) groups is 2. The maximum atomic E-state index is 12.2. The van der Waals surface area contributed by atoms with Crippen molar-refractivity contribution in [2.24, 2.45) is 11.3 Å². The molecule has 6 heteroatoms. The molecule has 6 nitrogen and oxygen atoms in total. The first-order valence-corrected chi connectivity index (χ1v) is 7.18. The van der Waals surface area contributed by atoms with Crippen LogP contribution in [0.2, 0.25) is 0 Å². The lowest BCUT2D eigenvalue weighted by atomic mass is 10.0. The van der Waals surface area contributed by atoms with Gasteiger partial charge in [0.25, 0.3) is 5.91 Å². The Morgan fingerprint density at radius 2 is 2.30 bits per heavy atom. The molecule has 20 heavy (non-hydrogen) atoms. The molecule has 3 aliphatic rings. The van der Waals surface area contributed by atoms with Crippen LogP contribution in [-0.2, 0) is 4.79 Å². The zero-order valence-corrected chi connectivity index (χ0v) is 11.2. The number of carbonyl (C=O) groups excluding carboxylic acids is 2. The van der Waals surface area contributed by atoms with Gasteiger partial charge in [-0.25, -0.2) is 0 Å². The summed E-state index contributed by atoms with van der Waals surface area (Å²) in [6.07, 6.45) is 5.52. The summed E-state index contributed by atoms with van der Waals surface area (Å²) in [6, 6.07) is 1.99. The third kappa shape index (κ3) is 1.90. The molecular formula is C14H17N3O3. The number of nitrogens with zero attached hydrogens (tertiary/aromatic N) is 2. The summed E-state index contributed by atoms with van der Waals surface area (Å²) in [5.41, 5.74) is 0.0225. The number of likely N-dealkylation sites (tertiary alicyclic amines) is 1. The molecule has 2 heterocycles. The zero-order valence-electron chi connectivity index (χ0n) is 11.2. The lowest BCUT2D eigenvalue weighted by Crippen LogP contribution is -2.31. The minimum atomic E-state index is -0.118. The van der Waals surface area contributed by atoms with E-state index in [1.807, 2.05) is 0 Å². The molecule has 1 N–H and O–H groups in total. The Kier molecular flexibility index (Phi) is 2.43. The smallest absolute Gasteiger partial charge is 0.292 e. The average Bonchev–Trinajstić information content (AvgIpc) is 3.23. The van der Waals surface area contributed by atoms with Crippen molar-refractivity contribution >= 4 is 11.8 Å². The van der Waals surface area contributed by atoms with Crippen LogP contribution < -0.4 is 5.32 Å². The first kappa shape index (κ1) is 11.9. The first-order chi connectivity index (χ1) is 9.68.